The van der Waals surface area contributed by atoms with Crippen molar-refractivity contribution in [3.63, 3.8) is 0 Å². The fourth-order valence-electron chi connectivity index (χ4n) is 5.95. The lowest BCUT2D eigenvalue weighted by atomic mass is 9.98. The second-order valence-electron chi connectivity index (χ2n) is 9.96. The van der Waals surface area contributed by atoms with Crippen molar-refractivity contribution in [2.75, 3.05) is 0 Å². The van der Waals surface area contributed by atoms with Crippen LogP contribution in [0.3, 0.4) is 0 Å². The van der Waals surface area contributed by atoms with E-state index in [4.69, 9.17) is 0 Å². The number of allylic oxidation sites excluding steroid dienone is 3. The summed E-state index contributed by atoms with van der Waals surface area (Å²) in [6, 6.07) is 39.7. The lowest BCUT2D eigenvalue weighted by molar-refractivity contribution is 1.17. The van der Waals surface area contributed by atoms with E-state index in [2.05, 4.69) is 138 Å². The molecular weight excluding hydrogens is 460 g/mol. The number of aromatic nitrogens is 2. The molecule has 0 amide bonds. The van der Waals surface area contributed by atoms with E-state index >= 15 is 0 Å². The smallest absolute Gasteiger partial charge is 0.0547 e. The average Bonchev–Trinajstić information content (AvgIpc) is 3.46. The van der Waals surface area contributed by atoms with E-state index in [1.165, 1.54) is 66.0 Å². The largest absolute Gasteiger partial charge is 0.310 e. The Morgan fingerprint density at radius 2 is 1.34 bits per heavy atom. The minimum atomic E-state index is 0.964. The number of nitrogens with zero attached hydrogens (tertiary/aromatic N) is 2. The molecule has 0 fully saturated rings. The van der Waals surface area contributed by atoms with Crippen LogP contribution in [0.4, 0.5) is 0 Å². The molecule has 0 saturated heterocycles. The van der Waals surface area contributed by atoms with E-state index in [0.29, 0.717) is 0 Å². The molecule has 0 radical (unpaired) electrons. The molecule has 38 heavy (non-hydrogen) atoms. The molecule has 0 aliphatic heterocycles. The Bertz CT molecular complexity index is 2050. The summed E-state index contributed by atoms with van der Waals surface area (Å²) in [4.78, 5) is 0. The molecule has 0 aliphatic rings. The Labute approximate surface area is 222 Å². The van der Waals surface area contributed by atoms with E-state index in [0.717, 1.165) is 5.70 Å². The summed E-state index contributed by atoms with van der Waals surface area (Å²) in [5, 5.41) is 5.03. The quantitative estimate of drug-likeness (QED) is 0.218. The van der Waals surface area contributed by atoms with Gasteiger partial charge >= 0.3 is 0 Å². The molecule has 2 heterocycles. The van der Waals surface area contributed by atoms with Crippen LogP contribution in [-0.4, -0.2) is 9.13 Å². The Morgan fingerprint density at radius 3 is 2.13 bits per heavy atom. The number of para-hydroxylation sites is 2. The number of hydrogen-bond acceptors (Lipinski definition) is 0. The zero-order chi connectivity index (χ0) is 25.8. The maximum atomic E-state index is 4.38. The molecule has 7 rings (SSSR count). The molecule has 0 aliphatic carbocycles. The van der Waals surface area contributed by atoms with E-state index in [1.807, 2.05) is 13.0 Å². The van der Waals surface area contributed by atoms with Crippen LogP contribution in [-0.2, 0) is 0 Å². The van der Waals surface area contributed by atoms with Gasteiger partial charge in [-0.25, -0.2) is 0 Å². The summed E-state index contributed by atoms with van der Waals surface area (Å²) in [5.41, 5.74) is 10.6. The van der Waals surface area contributed by atoms with Crippen LogP contribution in [0, 0.1) is 6.92 Å². The highest BCUT2D eigenvalue weighted by molar-refractivity contribution is 6.17. The molecule has 2 nitrogen and oxygen atoms in total. The van der Waals surface area contributed by atoms with E-state index < -0.39 is 0 Å². The van der Waals surface area contributed by atoms with Gasteiger partial charge in [0, 0.05) is 32.9 Å². The number of fused-ring (bicyclic) bond motifs is 6. The third-order valence-corrected chi connectivity index (χ3v) is 7.62. The summed E-state index contributed by atoms with van der Waals surface area (Å²) < 4.78 is 4.67. The molecule has 0 saturated carbocycles. The van der Waals surface area contributed by atoms with Crippen molar-refractivity contribution < 1.29 is 0 Å². The maximum Gasteiger partial charge on any atom is 0.0547 e. The summed E-state index contributed by atoms with van der Waals surface area (Å²) in [6.07, 6.45) is 4.12. The van der Waals surface area contributed by atoms with Crippen molar-refractivity contribution in [2.45, 2.75) is 13.8 Å². The minimum Gasteiger partial charge on any atom is -0.310 e. The second-order valence-corrected chi connectivity index (χ2v) is 9.96. The molecule has 2 heteroatoms. The number of rotatable bonds is 4. The topological polar surface area (TPSA) is 9.86 Å². The Morgan fingerprint density at radius 1 is 0.658 bits per heavy atom. The van der Waals surface area contributed by atoms with Crippen LogP contribution in [0.5, 0.6) is 0 Å². The summed E-state index contributed by atoms with van der Waals surface area (Å²) in [7, 11) is 0. The predicted octanol–water partition coefficient (Wildman–Crippen LogP) is 9.91. The van der Waals surface area contributed by atoms with Crippen molar-refractivity contribution in [1.29, 1.82) is 0 Å². The van der Waals surface area contributed by atoms with Gasteiger partial charge in [0.1, 0.15) is 0 Å². The molecule has 0 N–H and O–H groups in total. The maximum absolute atomic E-state index is 4.38. The lowest BCUT2D eigenvalue weighted by Gasteiger charge is -2.11. The van der Waals surface area contributed by atoms with Crippen LogP contribution in [0.2, 0.25) is 0 Å². The first kappa shape index (κ1) is 22.4. The number of aryl methyl sites for hydroxylation is 1. The average molecular weight is 489 g/mol. The van der Waals surface area contributed by atoms with Crippen LogP contribution in [0.15, 0.2) is 128 Å². The van der Waals surface area contributed by atoms with Gasteiger partial charge in [0.25, 0.3) is 0 Å². The van der Waals surface area contributed by atoms with Gasteiger partial charge in [-0.3, -0.25) is 0 Å². The SMILES string of the molecule is C=C(/C=C\C)n1c2ccccc2c2c(-c3ccc4c5ccccc5n(-c5ccc(C)cc5)c4c3)cccc21. The van der Waals surface area contributed by atoms with Gasteiger partial charge in [-0.15, -0.1) is 0 Å². The molecule has 7 aromatic rings. The summed E-state index contributed by atoms with van der Waals surface area (Å²) >= 11 is 0. The fraction of sp³-hybridized carbons (Fsp3) is 0.0556. The number of hydrogen-bond donors (Lipinski definition) is 0. The first-order valence-electron chi connectivity index (χ1n) is 13.1. The van der Waals surface area contributed by atoms with E-state index in [1.54, 1.807) is 0 Å². The normalized spacial score (nSPS) is 11.9. The molecular formula is C36H28N2. The first-order chi connectivity index (χ1) is 18.7. The molecule has 0 atom stereocenters. The minimum absolute atomic E-state index is 0.964. The Hall–Kier alpha value is -4.82. The molecule has 2 aromatic heterocycles. The van der Waals surface area contributed by atoms with E-state index in [-0.39, 0.29) is 0 Å². The number of benzene rings is 5. The van der Waals surface area contributed by atoms with Crippen LogP contribution in [0.25, 0.3) is 66.1 Å². The van der Waals surface area contributed by atoms with Gasteiger partial charge in [-0.1, -0.05) is 91.0 Å². The zero-order valence-electron chi connectivity index (χ0n) is 21.6. The molecule has 5 aromatic carbocycles. The highest BCUT2D eigenvalue weighted by Gasteiger charge is 2.17. The predicted molar refractivity (Wildman–Crippen MR) is 164 cm³/mol. The van der Waals surface area contributed by atoms with Gasteiger partial charge in [0.15, 0.2) is 0 Å². The first-order valence-corrected chi connectivity index (χ1v) is 13.1. The lowest BCUT2D eigenvalue weighted by Crippen LogP contribution is -1.94. The fourth-order valence-corrected chi connectivity index (χ4v) is 5.95. The van der Waals surface area contributed by atoms with Gasteiger partial charge in [-0.05, 0) is 67.4 Å². The van der Waals surface area contributed by atoms with Crippen LogP contribution >= 0.6 is 0 Å². The van der Waals surface area contributed by atoms with Crippen molar-refractivity contribution >= 4 is 49.3 Å². The Kier molecular flexibility index (Phi) is 5.09. The van der Waals surface area contributed by atoms with Crippen molar-refractivity contribution in [3.05, 3.63) is 133 Å². The molecule has 0 bridgehead atoms. The van der Waals surface area contributed by atoms with Crippen LogP contribution < -0.4 is 0 Å². The zero-order valence-corrected chi connectivity index (χ0v) is 21.6. The monoisotopic (exact) mass is 488 g/mol. The van der Waals surface area contributed by atoms with Gasteiger partial charge in [-0.2, -0.15) is 0 Å². The third-order valence-electron chi connectivity index (χ3n) is 7.62. The van der Waals surface area contributed by atoms with Crippen molar-refractivity contribution in [1.82, 2.24) is 9.13 Å². The molecule has 0 spiro atoms. The molecule has 0 unspecified atom stereocenters. The highest BCUT2D eigenvalue weighted by atomic mass is 15.0. The van der Waals surface area contributed by atoms with Gasteiger partial charge in [0.2, 0.25) is 0 Å². The Balaban J connectivity index is 1.55. The third kappa shape index (κ3) is 3.27. The summed E-state index contributed by atoms with van der Waals surface area (Å²) in [5.74, 6) is 0. The summed E-state index contributed by atoms with van der Waals surface area (Å²) in [6.45, 7) is 8.55. The molecule has 182 valence electrons. The van der Waals surface area contributed by atoms with Crippen molar-refractivity contribution in [3.8, 4) is 16.8 Å². The van der Waals surface area contributed by atoms with Crippen molar-refractivity contribution in [2.24, 2.45) is 0 Å². The van der Waals surface area contributed by atoms with Crippen LogP contribution in [0.1, 0.15) is 12.5 Å². The van der Waals surface area contributed by atoms with Gasteiger partial charge < -0.3 is 9.13 Å². The second kappa shape index (κ2) is 8.64. The van der Waals surface area contributed by atoms with E-state index in [9.17, 15) is 0 Å². The van der Waals surface area contributed by atoms with Gasteiger partial charge in [0.05, 0.1) is 22.1 Å². The highest BCUT2D eigenvalue weighted by Crippen LogP contribution is 2.40. The standard InChI is InChI=1S/C36H28N2/c1-4-10-25(3)37-33-15-8-6-12-31(33)36-28(13-9-16-34(36)37)26-19-22-30-29-11-5-7-14-32(29)38(35(30)23-26)27-20-17-24(2)18-21-27/h4-23H,3H2,1-2H3/b10-4-.